The van der Waals surface area contributed by atoms with Crippen molar-refractivity contribution in [3.63, 3.8) is 0 Å². The van der Waals surface area contributed by atoms with Crippen LogP contribution in [0.2, 0.25) is 0 Å². The van der Waals surface area contributed by atoms with Gasteiger partial charge in [0.05, 0.1) is 11.8 Å². The summed E-state index contributed by atoms with van der Waals surface area (Å²) < 4.78 is 5.75. The lowest BCUT2D eigenvalue weighted by Gasteiger charge is -2.36. The second kappa shape index (κ2) is 7.77. The van der Waals surface area contributed by atoms with E-state index in [0.717, 1.165) is 43.3 Å². The van der Waals surface area contributed by atoms with Crippen molar-refractivity contribution in [1.29, 1.82) is 0 Å². The highest BCUT2D eigenvalue weighted by Gasteiger charge is 2.24. The molecule has 0 aliphatic carbocycles. The average Bonchev–Trinajstić information content (AvgIpc) is 2.56. The minimum absolute atomic E-state index is 0.205. The lowest BCUT2D eigenvalue weighted by atomic mass is 10.0. The number of aryl methyl sites for hydroxylation is 1. The van der Waals surface area contributed by atoms with Crippen molar-refractivity contribution in [3.05, 3.63) is 59.4 Å². The van der Waals surface area contributed by atoms with Crippen LogP contribution in [-0.2, 0) is 6.54 Å². The van der Waals surface area contributed by atoms with Crippen LogP contribution in [0, 0.1) is 6.92 Å². The molecule has 1 N–H and O–H groups in total. The fourth-order valence-corrected chi connectivity index (χ4v) is 3.20. The van der Waals surface area contributed by atoms with Crippen LogP contribution in [-0.4, -0.2) is 35.6 Å². The van der Waals surface area contributed by atoms with Crippen molar-refractivity contribution in [2.45, 2.75) is 39.5 Å². The molecule has 0 spiro atoms. The number of pyridine rings is 1. The van der Waals surface area contributed by atoms with Gasteiger partial charge in [-0.15, -0.1) is 0 Å². The number of rotatable bonds is 5. The molecule has 128 valence electrons. The first kappa shape index (κ1) is 16.9. The van der Waals surface area contributed by atoms with E-state index in [2.05, 4.69) is 65.4 Å². The summed E-state index contributed by atoms with van der Waals surface area (Å²) in [4.78, 5) is 7.17. The van der Waals surface area contributed by atoms with Crippen LogP contribution in [0.3, 0.4) is 0 Å². The summed E-state index contributed by atoms with van der Waals surface area (Å²) in [6.45, 7) is 10.1. The molecule has 1 aromatic heterocycles. The van der Waals surface area contributed by atoms with Gasteiger partial charge in [0.15, 0.2) is 0 Å². The molecule has 0 amide bonds. The molecular weight excluding hydrogens is 298 g/mol. The highest BCUT2D eigenvalue weighted by molar-refractivity contribution is 5.30. The normalized spacial score (nSPS) is 18.8. The maximum Gasteiger partial charge on any atom is 0.119 e. The van der Waals surface area contributed by atoms with Crippen LogP contribution >= 0.6 is 0 Å². The van der Waals surface area contributed by atoms with Gasteiger partial charge in [0.25, 0.3) is 0 Å². The molecule has 0 radical (unpaired) electrons. The van der Waals surface area contributed by atoms with Crippen LogP contribution in [0.15, 0.2) is 42.5 Å². The van der Waals surface area contributed by atoms with Crippen LogP contribution < -0.4 is 10.1 Å². The first-order chi connectivity index (χ1) is 11.6. The fraction of sp³-hybridized carbons (Fsp3) is 0.450. The fourth-order valence-electron chi connectivity index (χ4n) is 3.20. The molecular formula is C20H27N3O. The molecule has 1 aliphatic rings. The first-order valence-corrected chi connectivity index (χ1v) is 8.76. The molecule has 1 aliphatic heterocycles. The Balaban J connectivity index is 1.74. The third-order valence-corrected chi connectivity index (χ3v) is 4.30. The topological polar surface area (TPSA) is 37.4 Å². The average molecular weight is 325 g/mol. The van der Waals surface area contributed by atoms with E-state index < -0.39 is 0 Å². The Morgan fingerprint density at radius 2 is 2.00 bits per heavy atom. The van der Waals surface area contributed by atoms with E-state index in [1.165, 1.54) is 5.56 Å². The second-order valence-electron chi connectivity index (χ2n) is 6.70. The molecule has 0 bridgehead atoms. The molecule has 1 atom stereocenters. The van der Waals surface area contributed by atoms with E-state index in [9.17, 15) is 0 Å². The van der Waals surface area contributed by atoms with Crippen molar-refractivity contribution in [2.24, 2.45) is 0 Å². The highest BCUT2D eigenvalue weighted by Crippen LogP contribution is 2.26. The van der Waals surface area contributed by atoms with E-state index in [4.69, 9.17) is 4.74 Å². The largest absolute Gasteiger partial charge is 0.491 e. The maximum atomic E-state index is 5.75. The standard InChI is InChI=1S/C20H27N3O/c1-15(2)24-19-9-7-17(8-10-19)20-13-21-11-12-23(20)14-18-6-4-5-16(3)22-18/h4-10,15,20-21H,11-14H2,1-3H3. The Kier molecular flexibility index (Phi) is 5.48. The molecule has 1 unspecified atom stereocenters. The number of nitrogens with zero attached hydrogens (tertiary/aromatic N) is 2. The molecule has 2 heterocycles. The maximum absolute atomic E-state index is 5.75. The van der Waals surface area contributed by atoms with Gasteiger partial charge in [-0.3, -0.25) is 9.88 Å². The number of piperazine rings is 1. The highest BCUT2D eigenvalue weighted by atomic mass is 16.5. The Bertz CT molecular complexity index is 654. The Morgan fingerprint density at radius 1 is 1.21 bits per heavy atom. The number of aromatic nitrogens is 1. The van der Waals surface area contributed by atoms with Gasteiger partial charge in [-0.25, -0.2) is 0 Å². The van der Waals surface area contributed by atoms with Gasteiger partial charge in [0.2, 0.25) is 0 Å². The van der Waals surface area contributed by atoms with Gasteiger partial charge in [-0.1, -0.05) is 18.2 Å². The molecule has 2 aromatic rings. The monoisotopic (exact) mass is 325 g/mol. The third kappa shape index (κ3) is 4.34. The van der Waals surface area contributed by atoms with Gasteiger partial charge < -0.3 is 10.1 Å². The molecule has 1 fully saturated rings. The van der Waals surface area contributed by atoms with Gasteiger partial charge in [0, 0.05) is 37.9 Å². The van der Waals surface area contributed by atoms with Crippen molar-refractivity contribution in [3.8, 4) is 5.75 Å². The summed E-state index contributed by atoms with van der Waals surface area (Å²) in [5, 5.41) is 3.51. The van der Waals surface area contributed by atoms with Crippen LogP contribution in [0.25, 0.3) is 0 Å². The number of hydrogen-bond donors (Lipinski definition) is 1. The quantitative estimate of drug-likeness (QED) is 0.915. The third-order valence-electron chi connectivity index (χ3n) is 4.30. The minimum atomic E-state index is 0.205. The summed E-state index contributed by atoms with van der Waals surface area (Å²) in [7, 11) is 0. The van der Waals surface area contributed by atoms with Crippen LogP contribution in [0.5, 0.6) is 5.75 Å². The molecule has 0 saturated carbocycles. The summed E-state index contributed by atoms with van der Waals surface area (Å²) in [6.07, 6.45) is 0.205. The molecule has 1 aromatic carbocycles. The Morgan fingerprint density at radius 3 is 2.71 bits per heavy atom. The van der Waals surface area contributed by atoms with Crippen LogP contribution in [0.4, 0.5) is 0 Å². The van der Waals surface area contributed by atoms with Crippen molar-refractivity contribution >= 4 is 0 Å². The molecule has 3 rings (SSSR count). The molecule has 24 heavy (non-hydrogen) atoms. The zero-order valence-corrected chi connectivity index (χ0v) is 14.8. The minimum Gasteiger partial charge on any atom is -0.491 e. The molecule has 4 nitrogen and oxygen atoms in total. The summed E-state index contributed by atoms with van der Waals surface area (Å²) in [5.41, 5.74) is 3.54. The SMILES string of the molecule is Cc1cccc(CN2CCNCC2c2ccc(OC(C)C)cc2)n1. The van der Waals surface area contributed by atoms with Gasteiger partial charge >= 0.3 is 0 Å². The predicted octanol–water partition coefficient (Wildman–Crippen LogP) is 3.32. The van der Waals surface area contributed by atoms with E-state index in [-0.39, 0.29) is 6.10 Å². The summed E-state index contributed by atoms with van der Waals surface area (Å²) in [6, 6.07) is 15.2. The van der Waals surface area contributed by atoms with E-state index in [0.29, 0.717) is 6.04 Å². The van der Waals surface area contributed by atoms with Crippen molar-refractivity contribution in [1.82, 2.24) is 15.2 Å². The molecule has 4 heteroatoms. The van der Waals surface area contributed by atoms with Gasteiger partial charge in [-0.05, 0) is 50.6 Å². The summed E-state index contributed by atoms with van der Waals surface area (Å²) in [5.74, 6) is 0.935. The zero-order chi connectivity index (χ0) is 16.9. The van der Waals surface area contributed by atoms with E-state index >= 15 is 0 Å². The van der Waals surface area contributed by atoms with Crippen molar-refractivity contribution < 1.29 is 4.74 Å². The first-order valence-electron chi connectivity index (χ1n) is 8.76. The van der Waals surface area contributed by atoms with E-state index in [1.54, 1.807) is 0 Å². The number of nitrogens with one attached hydrogen (secondary N) is 1. The van der Waals surface area contributed by atoms with E-state index in [1.807, 2.05) is 13.0 Å². The second-order valence-corrected chi connectivity index (χ2v) is 6.70. The van der Waals surface area contributed by atoms with Crippen LogP contribution in [0.1, 0.15) is 36.8 Å². The predicted molar refractivity (Wildman–Crippen MR) is 97.2 cm³/mol. The lowest BCUT2D eigenvalue weighted by Crippen LogP contribution is -2.45. The van der Waals surface area contributed by atoms with Gasteiger partial charge in [0.1, 0.15) is 5.75 Å². The number of hydrogen-bond acceptors (Lipinski definition) is 4. The number of ether oxygens (including phenoxy) is 1. The smallest absolute Gasteiger partial charge is 0.119 e. The number of benzene rings is 1. The Hall–Kier alpha value is -1.91. The lowest BCUT2D eigenvalue weighted by molar-refractivity contribution is 0.151. The van der Waals surface area contributed by atoms with Crippen molar-refractivity contribution in [2.75, 3.05) is 19.6 Å². The summed E-state index contributed by atoms with van der Waals surface area (Å²) >= 11 is 0. The molecule has 1 saturated heterocycles. The van der Waals surface area contributed by atoms with Gasteiger partial charge in [-0.2, -0.15) is 0 Å². The zero-order valence-electron chi connectivity index (χ0n) is 14.8. The Labute approximate surface area is 144 Å².